The van der Waals surface area contributed by atoms with Gasteiger partial charge in [0.1, 0.15) is 4.83 Å². The summed E-state index contributed by atoms with van der Waals surface area (Å²) in [7, 11) is 0. The summed E-state index contributed by atoms with van der Waals surface area (Å²) in [5.74, 6) is 0. The van der Waals surface area contributed by atoms with E-state index in [4.69, 9.17) is 5.73 Å². The molecular weight excluding hydrogens is 369 g/mol. The highest BCUT2D eigenvalue weighted by Crippen LogP contribution is 2.29. The van der Waals surface area contributed by atoms with Gasteiger partial charge in [-0.05, 0) is 26.3 Å². The number of rotatable bonds is 7. The van der Waals surface area contributed by atoms with E-state index in [1.807, 2.05) is 0 Å². The van der Waals surface area contributed by atoms with Crippen LogP contribution in [0.4, 0.5) is 13.2 Å². The summed E-state index contributed by atoms with van der Waals surface area (Å²) in [6.07, 6.45) is -5.52. The molecule has 0 aliphatic carbocycles. The molecule has 6 nitrogen and oxygen atoms in total. The fourth-order valence-electron chi connectivity index (χ4n) is 2.77. The molecule has 3 N–H and O–H groups in total. The Bertz CT molecular complexity index is 896. The molecule has 146 valence electrons. The van der Waals surface area contributed by atoms with Gasteiger partial charge in [-0.1, -0.05) is 0 Å². The van der Waals surface area contributed by atoms with E-state index in [1.54, 1.807) is 20.8 Å². The molecule has 0 bridgehead atoms. The molecule has 0 aromatic carbocycles. The molecule has 0 spiro atoms. The number of hydrogen-bond acceptors (Lipinski definition) is 5. The van der Waals surface area contributed by atoms with Crippen LogP contribution in [-0.2, 0) is 13.1 Å². The number of nitrogens with one attached hydrogen (secondary N) is 1. The number of halogens is 3. The van der Waals surface area contributed by atoms with E-state index in [-0.39, 0.29) is 0 Å². The third-order valence-corrected chi connectivity index (χ3v) is 5.40. The van der Waals surface area contributed by atoms with E-state index in [9.17, 15) is 22.8 Å². The smallest absolute Gasteiger partial charge is 0.329 e. The largest absolute Gasteiger partial charge is 0.390 e. The number of aromatic nitrogens is 2. The van der Waals surface area contributed by atoms with E-state index in [0.717, 1.165) is 14.0 Å². The number of thiophene rings is 1. The molecule has 0 atom stereocenters. The summed E-state index contributed by atoms with van der Waals surface area (Å²) in [6.45, 7) is 6.02. The van der Waals surface area contributed by atoms with E-state index in [1.165, 1.54) is 11.3 Å². The first kappa shape index (κ1) is 20.7. The standard InChI is InChI=1S/C16H23F3N4O2S/c1-9(2)23-13(24)12-10(3)11(8-21-6-5-20)26-14(12)22(15(23)25)7-4-16(17,18)19/h9,21H,4-8,20H2,1-3H3. The molecule has 0 unspecified atom stereocenters. The molecule has 10 heteroatoms. The summed E-state index contributed by atoms with van der Waals surface area (Å²) in [6, 6.07) is -0.449. The third kappa shape index (κ3) is 4.18. The van der Waals surface area contributed by atoms with Crippen molar-refractivity contribution in [3.63, 3.8) is 0 Å². The maximum Gasteiger partial charge on any atom is 0.390 e. The summed E-state index contributed by atoms with van der Waals surface area (Å²) in [5.41, 5.74) is 4.97. The zero-order valence-corrected chi connectivity index (χ0v) is 15.8. The second-order valence-electron chi connectivity index (χ2n) is 6.36. The summed E-state index contributed by atoms with van der Waals surface area (Å²) in [5, 5.41) is 3.42. The SMILES string of the molecule is Cc1c(CNCCN)sc2c1c(=O)n(C(C)C)c(=O)n2CCC(F)(F)F. The van der Waals surface area contributed by atoms with Gasteiger partial charge in [-0.25, -0.2) is 4.79 Å². The highest BCUT2D eigenvalue weighted by Gasteiger charge is 2.29. The molecule has 0 saturated carbocycles. The second kappa shape index (κ2) is 7.93. The van der Waals surface area contributed by atoms with Gasteiger partial charge in [0.2, 0.25) is 0 Å². The Labute approximate surface area is 152 Å². The minimum absolute atomic E-state index is 0.295. The third-order valence-electron chi connectivity index (χ3n) is 4.08. The van der Waals surface area contributed by atoms with Crippen LogP contribution in [-0.4, -0.2) is 28.4 Å². The number of fused-ring (bicyclic) bond motifs is 1. The molecule has 0 fully saturated rings. The van der Waals surface area contributed by atoms with Crippen molar-refractivity contribution >= 4 is 21.6 Å². The summed E-state index contributed by atoms with van der Waals surface area (Å²) >= 11 is 1.18. The van der Waals surface area contributed by atoms with Gasteiger partial charge in [-0.2, -0.15) is 13.2 Å². The molecule has 2 aromatic heterocycles. The molecule has 2 heterocycles. The number of nitrogens with two attached hydrogens (primary N) is 1. The van der Waals surface area contributed by atoms with Crippen LogP contribution in [0.1, 0.15) is 36.8 Å². The average molecular weight is 392 g/mol. The van der Waals surface area contributed by atoms with Gasteiger partial charge in [0, 0.05) is 37.1 Å². The number of hydrogen-bond donors (Lipinski definition) is 2. The summed E-state index contributed by atoms with van der Waals surface area (Å²) in [4.78, 5) is 26.6. The van der Waals surface area contributed by atoms with Crippen molar-refractivity contribution in [1.82, 2.24) is 14.5 Å². The molecule has 2 rings (SSSR count). The zero-order chi connectivity index (χ0) is 19.6. The average Bonchev–Trinajstić information content (AvgIpc) is 2.83. The number of aryl methyl sites for hydroxylation is 2. The number of nitrogens with zero attached hydrogens (tertiary/aromatic N) is 2. The van der Waals surface area contributed by atoms with Crippen LogP contribution in [0.25, 0.3) is 10.2 Å². The maximum atomic E-state index is 12.8. The van der Waals surface area contributed by atoms with Crippen molar-refractivity contribution in [2.24, 2.45) is 5.73 Å². The normalized spacial score (nSPS) is 12.5. The Balaban J connectivity index is 2.68. The van der Waals surface area contributed by atoms with Gasteiger partial charge in [-0.3, -0.25) is 13.9 Å². The van der Waals surface area contributed by atoms with Gasteiger partial charge in [0.05, 0.1) is 11.8 Å². The minimum atomic E-state index is -4.39. The lowest BCUT2D eigenvalue weighted by atomic mass is 10.2. The Morgan fingerprint density at radius 2 is 1.92 bits per heavy atom. The van der Waals surface area contributed by atoms with Gasteiger partial charge in [0.25, 0.3) is 5.56 Å². The van der Waals surface area contributed by atoms with Gasteiger partial charge < -0.3 is 11.1 Å². The predicted molar refractivity (Wildman–Crippen MR) is 96.9 cm³/mol. The molecular formula is C16H23F3N4O2S. The Hall–Kier alpha value is -1.65. The molecule has 0 saturated heterocycles. The Morgan fingerprint density at radius 3 is 2.46 bits per heavy atom. The number of alkyl halides is 3. The highest BCUT2D eigenvalue weighted by atomic mass is 32.1. The van der Waals surface area contributed by atoms with Crippen LogP contribution >= 0.6 is 11.3 Å². The van der Waals surface area contributed by atoms with Crippen LogP contribution < -0.4 is 22.3 Å². The lowest BCUT2D eigenvalue weighted by molar-refractivity contribution is -0.136. The molecule has 26 heavy (non-hydrogen) atoms. The van der Waals surface area contributed by atoms with E-state index in [2.05, 4.69) is 5.32 Å². The summed E-state index contributed by atoms with van der Waals surface area (Å²) < 4.78 is 40.2. The highest BCUT2D eigenvalue weighted by molar-refractivity contribution is 7.18. The zero-order valence-electron chi connectivity index (χ0n) is 14.9. The first-order chi connectivity index (χ1) is 12.1. The van der Waals surface area contributed by atoms with Crippen molar-refractivity contribution < 1.29 is 13.2 Å². The maximum absolute atomic E-state index is 12.8. The fourth-order valence-corrected chi connectivity index (χ4v) is 4.06. The monoisotopic (exact) mass is 392 g/mol. The predicted octanol–water partition coefficient (Wildman–Crippen LogP) is 2.11. The lowest BCUT2D eigenvalue weighted by Gasteiger charge is -2.15. The van der Waals surface area contributed by atoms with Crippen molar-refractivity contribution in [3.05, 3.63) is 31.3 Å². The lowest BCUT2D eigenvalue weighted by Crippen LogP contribution is -2.41. The molecule has 0 radical (unpaired) electrons. The van der Waals surface area contributed by atoms with Crippen molar-refractivity contribution in [1.29, 1.82) is 0 Å². The quantitative estimate of drug-likeness (QED) is 0.707. The van der Waals surface area contributed by atoms with E-state index < -0.39 is 36.4 Å². The fraction of sp³-hybridized carbons (Fsp3) is 0.625. The molecule has 0 aliphatic heterocycles. The van der Waals surface area contributed by atoms with Crippen LogP contribution in [0.2, 0.25) is 0 Å². The first-order valence-corrected chi connectivity index (χ1v) is 9.15. The first-order valence-electron chi connectivity index (χ1n) is 8.33. The van der Waals surface area contributed by atoms with Crippen molar-refractivity contribution in [3.8, 4) is 0 Å². The van der Waals surface area contributed by atoms with E-state index in [0.29, 0.717) is 35.4 Å². The Morgan fingerprint density at radius 1 is 1.27 bits per heavy atom. The van der Waals surface area contributed by atoms with Gasteiger partial charge in [0.15, 0.2) is 0 Å². The molecule has 0 amide bonds. The topological polar surface area (TPSA) is 82.1 Å². The minimum Gasteiger partial charge on any atom is -0.329 e. The molecule has 0 aliphatic rings. The van der Waals surface area contributed by atoms with Crippen molar-refractivity contribution in [2.75, 3.05) is 13.1 Å². The van der Waals surface area contributed by atoms with Crippen LogP contribution in [0.15, 0.2) is 9.59 Å². The van der Waals surface area contributed by atoms with Crippen LogP contribution in [0, 0.1) is 6.92 Å². The second-order valence-corrected chi connectivity index (χ2v) is 7.45. The van der Waals surface area contributed by atoms with Crippen LogP contribution in [0.5, 0.6) is 0 Å². The van der Waals surface area contributed by atoms with Crippen LogP contribution in [0.3, 0.4) is 0 Å². The van der Waals surface area contributed by atoms with Crippen molar-refractivity contribution in [2.45, 2.75) is 52.5 Å². The molecule has 2 aromatic rings. The van der Waals surface area contributed by atoms with E-state index >= 15 is 0 Å². The van der Waals surface area contributed by atoms with Gasteiger partial charge >= 0.3 is 11.9 Å². The van der Waals surface area contributed by atoms with Gasteiger partial charge in [-0.15, -0.1) is 11.3 Å². The Kier molecular flexibility index (Phi) is 6.30.